The first-order valence-corrected chi connectivity index (χ1v) is 14.5. The number of halogens is 1. The molecule has 3 aromatic carbocycles. The summed E-state index contributed by atoms with van der Waals surface area (Å²) in [6.07, 6.45) is 5.69. The van der Waals surface area contributed by atoms with Crippen LogP contribution in [-0.4, -0.2) is 29.0 Å². The summed E-state index contributed by atoms with van der Waals surface area (Å²) in [6.45, 7) is 1.25. The van der Waals surface area contributed by atoms with Crippen molar-refractivity contribution in [1.29, 1.82) is 0 Å². The third-order valence-electron chi connectivity index (χ3n) is 5.77. The average Bonchev–Trinajstić information content (AvgIpc) is 2.96. The molecule has 1 aliphatic rings. The van der Waals surface area contributed by atoms with E-state index in [9.17, 15) is 14.4 Å². The molecule has 39 heavy (non-hydrogen) atoms. The van der Waals surface area contributed by atoms with E-state index in [1.165, 1.54) is 6.92 Å². The van der Waals surface area contributed by atoms with Gasteiger partial charge < -0.3 is 4.84 Å². The summed E-state index contributed by atoms with van der Waals surface area (Å²) >= 11 is 9.11. The number of nitrogens with zero attached hydrogens (tertiary/aromatic N) is 1. The highest BCUT2D eigenvalue weighted by molar-refractivity contribution is 8.03. The summed E-state index contributed by atoms with van der Waals surface area (Å²) in [4.78, 5) is 45.1. The maximum Gasteiger partial charge on any atom is 0.331 e. The van der Waals surface area contributed by atoms with Crippen molar-refractivity contribution < 1.29 is 19.2 Å². The van der Waals surface area contributed by atoms with Crippen LogP contribution in [0.25, 0.3) is 0 Å². The Morgan fingerprint density at radius 2 is 1.54 bits per heavy atom. The molecule has 198 valence electrons. The minimum atomic E-state index is -0.583. The fraction of sp³-hybridized carbons (Fsp3) is 0.161. The number of benzene rings is 3. The number of thioether (sulfide) groups is 2. The van der Waals surface area contributed by atoms with Crippen LogP contribution in [-0.2, 0) is 9.63 Å². The summed E-state index contributed by atoms with van der Waals surface area (Å²) in [5.41, 5.74) is 2.16. The van der Waals surface area contributed by atoms with Gasteiger partial charge in [-0.15, -0.1) is 11.8 Å². The molecular weight excluding hydrogens is 550 g/mol. The van der Waals surface area contributed by atoms with Gasteiger partial charge in [-0.25, -0.2) is 4.79 Å². The van der Waals surface area contributed by atoms with Crippen LogP contribution < -0.4 is 0 Å². The molecule has 0 atom stereocenters. The number of hydrogen-bond donors (Lipinski definition) is 0. The Labute approximate surface area is 241 Å². The van der Waals surface area contributed by atoms with Gasteiger partial charge >= 0.3 is 5.97 Å². The van der Waals surface area contributed by atoms with Gasteiger partial charge in [-0.2, -0.15) is 0 Å². The van der Waals surface area contributed by atoms with E-state index in [-0.39, 0.29) is 17.3 Å². The number of carbonyl (C=O) groups is 3. The quantitative estimate of drug-likeness (QED) is 0.0754. The topological polar surface area (TPSA) is 72.8 Å². The highest BCUT2D eigenvalue weighted by Gasteiger charge is 2.18. The van der Waals surface area contributed by atoms with Gasteiger partial charge in [-0.3, -0.25) is 9.59 Å². The maximum absolute atomic E-state index is 13.2. The van der Waals surface area contributed by atoms with Gasteiger partial charge in [-0.1, -0.05) is 71.0 Å². The van der Waals surface area contributed by atoms with Crippen molar-refractivity contribution in [3.8, 4) is 0 Å². The van der Waals surface area contributed by atoms with Gasteiger partial charge in [0.15, 0.2) is 5.78 Å². The maximum atomic E-state index is 13.2. The Morgan fingerprint density at radius 3 is 2.18 bits per heavy atom. The molecule has 0 amide bonds. The number of ketones is 2. The van der Waals surface area contributed by atoms with Crippen LogP contribution in [0, 0.1) is 0 Å². The minimum Gasteiger partial charge on any atom is -0.318 e. The Kier molecular flexibility index (Phi) is 10.4. The third kappa shape index (κ3) is 8.55. The number of Topliss-reactive ketones (excluding diaryl/α,β-unsaturated/α-hetero) is 2. The molecule has 0 unspecified atom stereocenters. The van der Waals surface area contributed by atoms with Crippen molar-refractivity contribution in [2.45, 2.75) is 36.0 Å². The van der Waals surface area contributed by atoms with Crippen LogP contribution in [0.4, 0.5) is 0 Å². The normalized spacial score (nSPS) is 13.3. The van der Waals surface area contributed by atoms with E-state index in [0.717, 1.165) is 26.7 Å². The smallest absolute Gasteiger partial charge is 0.318 e. The van der Waals surface area contributed by atoms with Crippen LogP contribution in [0.1, 0.15) is 46.9 Å². The van der Waals surface area contributed by atoms with E-state index in [2.05, 4.69) is 5.16 Å². The van der Waals surface area contributed by atoms with E-state index < -0.39 is 5.97 Å². The van der Waals surface area contributed by atoms with Gasteiger partial charge in [0.1, 0.15) is 5.71 Å². The van der Waals surface area contributed by atoms with E-state index in [1.807, 2.05) is 78.9 Å². The van der Waals surface area contributed by atoms with Gasteiger partial charge in [0, 0.05) is 50.6 Å². The second-order valence-corrected chi connectivity index (χ2v) is 11.5. The summed E-state index contributed by atoms with van der Waals surface area (Å²) < 4.78 is 0. The molecule has 3 aromatic rings. The molecule has 0 radical (unpaired) electrons. The monoisotopic (exact) mass is 575 g/mol. The molecule has 4 rings (SSSR count). The standard InChI is InChI=1S/C31H26ClNO4S2/c1-21(34)37-33-29(19-20-38-26-17-11-25(32)12-18-26)31(36)24-9-15-28(16-10-24)39-27-13-7-23(8-14-27)30(35)22-5-3-2-4-6-22/h2-7,9-13,15-18H,8,14,19-20H2,1H3. The third-order valence-corrected chi connectivity index (χ3v) is 8.15. The average molecular weight is 576 g/mol. The van der Waals surface area contributed by atoms with Gasteiger partial charge in [-0.05, 0) is 66.3 Å². The van der Waals surface area contributed by atoms with Gasteiger partial charge in [0.2, 0.25) is 5.78 Å². The van der Waals surface area contributed by atoms with Gasteiger partial charge in [0.25, 0.3) is 0 Å². The lowest BCUT2D eigenvalue weighted by atomic mass is 9.96. The van der Waals surface area contributed by atoms with Crippen molar-refractivity contribution in [3.05, 3.63) is 118 Å². The minimum absolute atomic E-state index is 0.0663. The number of allylic oxidation sites excluding steroid dienone is 4. The van der Waals surface area contributed by atoms with Crippen LogP contribution >= 0.6 is 35.1 Å². The number of carbonyl (C=O) groups excluding carboxylic acids is 3. The molecular formula is C31H26ClNO4S2. The highest BCUT2D eigenvalue weighted by atomic mass is 35.5. The van der Waals surface area contributed by atoms with Crippen LogP contribution in [0.2, 0.25) is 5.02 Å². The zero-order chi connectivity index (χ0) is 27.6. The lowest BCUT2D eigenvalue weighted by Crippen LogP contribution is -2.16. The van der Waals surface area contributed by atoms with Crippen molar-refractivity contribution in [3.63, 3.8) is 0 Å². The lowest BCUT2D eigenvalue weighted by Gasteiger charge is -2.14. The molecule has 5 nitrogen and oxygen atoms in total. The number of oxime groups is 1. The molecule has 0 saturated heterocycles. The van der Waals surface area contributed by atoms with Crippen molar-refractivity contribution in [2.75, 3.05) is 5.75 Å². The Morgan fingerprint density at radius 1 is 0.846 bits per heavy atom. The molecule has 0 fully saturated rings. The fourth-order valence-corrected chi connectivity index (χ4v) is 5.68. The zero-order valence-corrected chi connectivity index (χ0v) is 23.7. The molecule has 1 aliphatic carbocycles. The van der Waals surface area contributed by atoms with Crippen molar-refractivity contribution >= 4 is 58.4 Å². The SMILES string of the molecule is CC(=O)ON=C(CCSc1ccc(Cl)cc1)C(=O)c1ccc(SC2=CC=C(C(=O)c3ccccc3)CC2)cc1. The zero-order valence-electron chi connectivity index (χ0n) is 21.3. The van der Waals surface area contributed by atoms with Crippen LogP contribution in [0.5, 0.6) is 0 Å². The number of hydrogen-bond acceptors (Lipinski definition) is 7. The van der Waals surface area contributed by atoms with Crippen molar-refractivity contribution in [2.24, 2.45) is 5.16 Å². The van der Waals surface area contributed by atoms with Crippen molar-refractivity contribution in [1.82, 2.24) is 0 Å². The molecule has 8 heteroatoms. The molecule has 0 aromatic heterocycles. The summed E-state index contributed by atoms with van der Waals surface area (Å²) in [6, 6.07) is 24.0. The molecule has 0 N–H and O–H groups in total. The number of rotatable bonds is 11. The molecule has 0 aliphatic heterocycles. The van der Waals surface area contributed by atoms with Gasteiger partial charge in [0.05, 0.1) is 0 Å². The predicted octanol–water partition coefficient (Wildman–Crippen LogP) is 8.20. The molecule has 0 spiro atoms. The van der Waals surface area contributed by atoms with E-state index >= 15 is 0 Å². The summed E-state index contributed by atoms with van der Waals surface area (Å²) in [5.74, 6) is -0.219. The Hall–Kier alpha value is -3.39. The van der Waals surface area contributed by atoms with Crippen LogP contribution in [0.15, 0.2) is 116 Å². The second kappa shape index (κ2) is 14.1. The van der Waals surface area contributed by atoms with E-state index in [1.54, 1.807) is 35.7 Å². The largest absolute Gasteiger partial charge is 0.331 e. The first kappa shape index (κ1) is 28.6. The Balaban J connectivity index is 1.37. The first-order valence-electron chi connectivity index (χ1n) is 12.3. The summed E-state index contributed by atoms with van der Waals surface area (Å²) in [7, 11) is 0. The molecule has 0 saturated carbocycles. The first-order chi connectivity index (χ1) is 18.9. The predicted molar refractivity (Wildman–Crippen MR) is 159 cm³/mol. The highest BCUT2D eigenvalue weighted by Crippen LogP contribution is 2.34. The summed E-state index contributed by atoms with van der Waals surface area (Å²) in [5, 5.41) is 4.50. The van der Waals surface area contributed by atoms with E-state index in [0.29, 0.717) is 34.7 Å². The Bertz CT molecular complexity index is 1430. The molecule has 0 bridgehead atoms. The fourth-order valence-electron chi connectivity index (χ4n) is 3.78. The molecule has 0 heterocycles. The lowest BCUT2D eigenvalue weighted by molar-refractivity contribution is -0.140. The van der Waals surface area contributed by atoms with E-state index in [4.69, 9.17) is 16.4 Å². The van der Waals surface area contributed by atoms with Crippen LogP contribution in [0.3, 0.4) is 0 Å². The second-order valence-electron chi connectivity index (χ2n) is 8.65.